The van der Waals surface area contributed by atoms with Crippen LogP contribution in [0.2, 0.25) is 30.7 Å². The van der Waals surface area contributed by atoms with Gasteiger partial charge < -0.3 is 29.0 Å². The van der Waals surface area contributed by atoms with Gasteiger partial charge in [0.05, 0.1) is 24.3 Å². The maximum atomic E-state index is 14.8. The molecule has 0 unspecified atom stereocenters. The highest BCUT2D eigenvalue weighted by atomic mass is 35.5. The number of nitrogens with zero attached hydrogens (tertiary/aromatic N) is 3. The molecule has 9 nitrogen and oxygen atoms in total. The lowest BCUT2D eigenvalue weighted by atomic mass is 9.91. The van der Waals surface area contributed by atoms with Gasteiger partial charge in [-0.3, -0.25) is 14.5 Å². The predicted octanol–water partition coefficient (Wildman–Crippen LogP) is 7.81. The van der Waals surface area contributed by atoms with E-state index in [4.69, 9.17) is 25.8 Å². The van der Waals surface area contributed by atoms with E-state index in [0.29, 0.717) is 54.0 Å². The summed E-state index contributed by atoms with van der Waals surface area (Å²) in [4.78, 5) is 32.9. The number of carbonyl (C=O) groups is 2. The van der Waals surface area contributed by atoms with Gasteiger partial charge in [-0.15, -0.1) is 0 Å². The van der Waals surface area contributed by atoms with Crippen LogP contribution in [-0.2, 0) is 29.5 Å². The number of ether oxygens (including phenoxy) is 3. The lowest BCUT2D eigenvalue weighted by Gasteiger charge is -2.40. The second-order valence-electron chi connectivity index (χ2n) is 15.2. The van der Waals surface area contributed by atoms with Crippen LogP contribution < -0.4 is 10.1 Å². The Morgan fingerprint density at radius 2 is 1.67 bits per heavy atom. The van der Waals surface area contributed by atoms with Gasteiger partial charge in [-0.2, -0.15) is 0 Å². The summed E-state index contributed by atoms with van der Waals surface area (Å²) in [5.74, 6) is 0.367. The number of carbonyl (C=O) groups excluding carboxylic acids is 2. The normalized spacial score (nSPS) is 16.4. The molecule has 0 radical (unpaired) electrons. The quantitative estimate of drug-likeness (QED) is 0.0906. The first kappa shape index (κ1) is 37.8. The zero-order valence-corrected chi connectivity index (χ0v) is 33.0. The first-order valence-electron chi connectivity index (χ1n) is 18.1. The third kappa shape index (κ3) is 8.98. The van der Waals surface area contributed by atoms with E-state index in [2.05, 4.69) is 48.1 Å². The van der Waals surface area contributed by atoms with E-state index in [-0.39, 0.29) is 24.6 Å². The predicted molar refractivity (Wildman–Crippen MR) is 210 cm³/mol. The highest BCUT2D eigenvalue weighted by Crippen LogP contribution is 2.36. The molecule has 3 aromatic carbocycles. The average Bonchev–Trinajstić information content (AvgIpc) is 3.40. The topological polar surface area (TPSA) is 85.3 Å². The van der Waals surface area contributed by atoms with Gasteiger partial charge in [0.15, 0.2) is 6.79 Å². The summed E-state index contributed by atoms with van der Waals surface area (Å²) in [6.07, 6.45) is 0.779. The number of rotatable bonds is 12. The van der Waals surface area contributed by atoms with E-state index < -0.39 is 8.07 Å². The van der Waals surface area contributed by atoms with E-state index in [9.17, 15) is 9.59 Å². The molecule has 1 N–H and O–H groups in total. The number of hydrogen-bond acceptors (Lipinski definition) is 6. The van der Waals surface area contributed by atoms with Crippen molar-refractivity contribution < 1.29 is 23.8 Å². The first-order chi connectivity index (χ1) is 24.9. The second kappa shape index (κ2) is 16.4. The minimum atomic E-state index is -1.15. The Kier molecular flexibility index (Phi) is 11.9. The van der Waals surface area contributed by atoms with Crippen molar-refractivity contribution in [2.45, 2.75) is 58.5 Å². The van der Waals surface area contributed by atoms with Crippen LogP contribution in [0.25, 0.3) is 11.3 Å². The fourth-order valence-corrected chi connectivity index (χ4v) is 8.06. The third-order valence-corrected chi connectivity index (χ3v) is 12.1. The summed E-state index contributed by atoms with van der Waals surface area (Å²) >= 11 is 6.67. The van der Waals surface area contributed by atoms with Crippen molar-refractivity contribution in [2.24, 2.45) is 7.05 Å². The first-order valence-corrected chi connectivity index (χ1v) is 22.2. The molecule has 52 heavy (non-hydrogen) atoms. The van der Waals surface area contributed by atoms with Gasteiger partial charge in [-0.05, 0) is 85.5 Å². The Hall–Kier alpha value is -3.93. The Bertz CT molecular complexity index is 1900. The molecule has 6 rings (SSSR count). The van der Waals surface area contributed by atoms with Crippen molar-refractivity contribution in [3.63, 3.8) is 0 Å². The highest BCUT2D eigenvalue weighted by Gasteiger charge is 2.34. The molecule has 4 aromatic rings. The number of benzene rings is 3. The maximum Gasteiger partial charge on any atom is 0.257 e. The molecule has 1 saturated heterocycles. The molecule has 0 aliphatic carbocycles. The number of amides is 2. The number of anilines is 1. The molecule has 276 valence electrons. The summed E-state index contributed by atoms with van der Waals surface area (Å²) < 4.78 is 19.0. The number of hydrogen-bond donors (Lipinski definition) is 1. The molecule has 1 atom stereocenters. The Morgan fingerprint density at radius 3 is 2.38 bits per heavy atom. The fourth-order valence-electron chi connectivity index (χ4n) is 7.03. The second-order valence-corrected chi connectivity index (χ2v) is 21.2. The van der Waals surface area contributed by atoms with Crippen LogP contribution in [-0.4, -0.2) is 86.5 Å². The number of nitrogens with one attached hydrogen (secondary N) is 1. The molecular weight excluding hydrogens is 692 g/mol. The number of morpholine rings is 1. The summed E-state index contributed by atoms with van der Waals surface area (Å²) in [6, 6.07) is 22.3. The van der Waals surface area contributed by atoms with Gasteiger partial charge in [-0.1, -0.05) is 55.5 Å². The van der Waals surface area contributed by atoms with Crippen LogP contribution in [0.4, 0.5) is 5.69 Å². The summed E-state index contributed by atoms with van der Waals surface area (Å²) in [5.41, 5.74) is 7.35. The van der Waals surface area contributed by atoms with Crippen LogP contribution in [0.1, 0.15) is 43.1 Å². The van der Waals surface area contributed by atoms with E-state index >= 15 is 0 Å². The minimum absolute atomic E-state index is 0.0107. The molecule has 3 heterocycles. The van der Waals surface area contributed by atoms with Gasteiger partial charge in [0, 0.05) is 81.6 Å². The van der Waals surface area contributed by atoms with E-state index in [0.717, 1.165) is 60.2 Å². The van der Waals surface area contributed by atoms with Gasteiger partial charge in [0.2, 0.25) is 0 Å². The molecule has 1 aromatic heterocycles. The Labute approximate surface area is 313 Å². The lowest BCUT2D eigenvalue weighted by molar-refractivity contribution is 0.0192. The van der Waals surface area contributed by atoms with Crippen molar-refractivity contribution in [1.29, 1.82) is 0 Å². The maximum absolute atomic E-state index is 14.8. The highest BCUT2D eigenvalue weighted by molar-refractivity contribution is 6.76. The fraction of sp³-hybridized carbons (Fsp3) is 0.415. The van der Waals surface area contributed by atoms with Gasteiger partial charge >= 0.3 is 0 Å². The van der Waals surface area contributed by atoms with Crippen molar-refractivity contribution in [2.75, 3.05) is 51.6 Å². The van der Waals surface area contributed by atoms with Crippen LogP contribution in [0.3, 0.4) is 0 Å². The van der Waals surface area contributed by atoms with Crippen molar-refractivity contribution in [3.05, 3.63) is 105 Å². The molecular formula is C41H51ClN4O5Si. The number of aromatic nitrogens is 1. The SMILES string of the molecule is Cc1cc(Cl)cc(C(=O)N2Cc3ccccc3C[C@H]2CN2CCOCC2)c1-c1cc(C(=O)Nc2ccc(OCOCC[Si](C)(C)C)cc2)c(C)n1C. The van der Waals surface area contributed by atoms with Crippen LogP contribution in [0.5, 0.6) is 5.75 Å². The zero-order valence-electron chi connectivity index (χ0n) is 31.3. The van der Waals surface area contributed by atoms with Crippen LogP contribution in [0.15, 0.2) is 66.7 Å². The molecule has 2 aliphatic heterocycles. The molecule has 2 amide bonds. The number of aryl methyl sites for hydroxylation is 1. The summed E-state index contributed by atoms with van der Waals surface area (Å²) in [6.45, 7) is 16.1. The van der Waals surface area contributed by atoms with Crippen molar-refractivity contribution in [3.8, 4) is 17.0 Å². The van der Waals surface area contributed by atoms with Crippen molar-refractivity contribution in [1.82, 2.24) is 14.4 Å². The average molecular weight is 743 g/mol. The molecule has 0 spiro atoms. The lowest BCUT2D eigenvalue weighted by Crippen LogP contribution is -2.52. The summed E-state index contributed by atoms with van der Waals surface area (Å²) in [5, 5.41) is 3.53. The molecule has 1 fully saturated rings. The van der Waals surface area contributed by atoms with Crippen LogP contribution >= 0.6 is 11.6 Å². The van der Waals surface area contributed by atoms with Gasteiger partial charge in [-0.25, -0.2) is 0 Å². The standard InChI is InChI=1S/C41H51ClN4O5Si/c1-28-21-32(42)23-37(41(48)46-25-31-10-8-7-9-30(31)22-34(46)26-45-15-17-49-18-16-45)39(28)38-24-36(29(2)44(38)3)40(47)43-33-11-13-35(14-12-33)51-27-50-19-20-52(4,5)6/h7-14,21,23-24,34H,15-20,22,25-27H2,1-6H3,(H,43,47)/t34-/m0/s1. The van der Waals surface area contributed by atoms with E-state index in [1.54, 1.807) is 6.07 Å². The monoisotopic (exact) mass is 742 g/mol. The zero-order chi connectivity index (χ0) is 37.0. The molecule has 0 bridgehead atoms. The largest absolute Gasteiger partial charge is 0.468 e. The Balaban J connectivity index is 1.23. The molecule has 11 heteroatoms. The Morgan fingerprint density at radius 1 is 0.962 bits per heavy atom. The number of fused-ring (bicyclic) bond motifs is 1. The van der Waals surface area contributed by atoms with E-state index in [1.165, 1.54) is 5.56 Å². The molecule has 0 saturated carbocycles. The third-order valence-electron chi connectivity index (χ3n) is 10.2. The smallest absolute Gasteiger partial charge is 0.257 e. The minimum Gasteiger partial charge on any atom is -0.468 e. The number of halogens is 1. The summed E-state index contributed by atoms with van der Waals surface area (Å²) in [7, 11) is 0.777. The van der Waals surface area contributed by atoms with E-state index in [1.807, 2.05) is 72.8 Å². The van der Waals surface area contributed by atoms with Gasteiger partial charge in [0.25, 0.3) is 11.8 Å². The van der Waals surface area contributed by atoms with Crippen LogP contribution in [0, 0.1) is 13.8 Å². The van der Waals surface area contributed by atoms with Crippen molar-refractivity contribution >= 4 is 37.2 Å². The molecule has 2 aliphatic rings. The van der Waals surface area contributed by atoms with Gasteiger partial charge in [0.1, 0.15) is 5.75 Å².